The van der Waals surface area contributed by atoms with Gasteiger partial charge in [0.2, 0.25) is 0 Å². The summed E-state index contributed by atoms with van der Waals surface area (Å²) in [5, 5.41) is 0. The Hall–Kier alpha value is -1.33. The minimum Gasteiger partial charge on any atom is -0.487 e. The van der Waals surface area contributed by atoms with Crippen molar-refractivity contribution in [1.29, 1.82) is 0 Å². The second kappa shape index (κ2) is 4.90. The van der Waals surface area contributed by atoms with Crippen molar-refractivity contribution < 1.29 is 14.2 Å². The molecule has 108 valence electrons. The molecule has 2 fully saturated rings. The van der Waals surface area contributed by atoms with Gasteiger partial charge in [-0.15, -0.1) is 0 Å². The standard InChI is InChI=1S/C15H20N2O3/c1-2-10-3-4-16-15-14(10)19-7-11-5-12(6-17(11)15)20-13-8-18-9-13/h3-4,11-13H,2,5-9H2,1H3. The third-order valence-corrected chi connectivity index (χ3v) is 4.41. The molecule has 2 unspecified atom stereocenters. The van der Waals surface area contributed by atoms with E-state index in [1.807, 2.05) is 6.20 Å². The summed E-state index contributed by atoms with van der Waals surface area (Å²) in [4.78, 5) is 6.90. The van der Waals surface area contributed by atoms with Crippen molar-refractivity contribution >= 4 is 5.82 Å². The van der Waals surface area contributed by atoms with Gasteiger partial charge in [0.1, 0.15) is 12.7 Å². The van der Waals surface area contributed by atoms with E-state index in [9.17, 15) is 0 Å². The first kappa shape index (κ1) is 12.4. The highest BCUT2D eigenvalue weighted by atomic mass is 16.6. The van der Waals surface area contributed by atoms with Gasteiger partial charge in [0, 0.05) is 12.7 Å². The Morgan fingerprint density at radius 1 is 1.35 bits per heavy atom. The highest BCUT2D eigenvalue weighted by Gasteiger charge is 2.40. The van der Waals surface area contributed by atoms with Crippen LogP contribution in [0.4, 0.5) is 5.82 Å². The Morgan fingerprint density at radius 3 is 3.00 bits per heavy atom. The molecule has 0 amide bonds. The van der Waals surface area contributed by atoms with Crippen LogP contribution in [0, 0.1) is 0 Å². The number of anilines is 1. The van der Waals surface area contributed by atoms with Gasteiger partial charge in [0.05, 0.1) is 25.4 Å². The first-order valence-corrected chi connectivity index (χ1v) is 7.45. The van der Waals surface area contributed by atoms with Gasteiger partial charge in [-0.3, -0.25) is 0 Å². The van der Waals surface area contributed by atoms with Gasteiger partial charge in [0.15, 0.2) is 11.6 Å². The minimum absolute atomic E-state index is 0.274. The van der Waals surface area contributed by atoms with Crippen LogP contribution in [0.15, 0.2) is 12.3 Å². The fourth-order valence-electron chi connectivity index (χ4n) is 3.25. The Morgan fingerprint density at radius 2 is 2.25 bits per heavy atom. The number of pyridine rings is 1. The van der Waals surface area contributed by atoms with E-state index in [0.717, 1.165) is 50.8 Å². The third-order valence-electron chi connectivity index (χ3n) is 4.41. The molecule has 2 saturated heterocycles. The average Bonchev–Trinajstić information content (AvgIpc) is 2.85. The lowest BCUT2D eigenvalue weighted by molar-refractivity contribution is -0.150. The van der Waals surface area contributed by atoms with Crippen LogP contribution in [-0.2, 0) is 15.9 Å². The number of hydrogen-bond acceptors (Lipinski definition) is 5. The van der Waals surface area contributed by atoms with E-state index in [-0.39, 0.29) is 12.2 Å². The predicted molar refractivity (Wildman–Crippen MR) is 74.3 cm³/mol. The quantitative estimate of drug-likeness (QED) is 0.835. The SMILES string of the molecule is CCc1ccnc2c1OCC1CC(OC3COC3)CN21. The molecule has 4 rings (SSSR count). The lowest BCUT2D eigenvalue weighted by Gasteiger charge is -2.33. The van der Waals surface area contributed by atoms with Crippen molar-refractivity contribution in [3.63, 3.8) is 0 Å². The molecule has 0 N–H and O–H groups in total. The molecule has 20 heavy (non-hydrogen) atoms. The van der Waals surface area contributed by atoms with Crippen molar-refractivity contribution in [2.45, 2.75) is 38.0 Å². The fraction of sp³-hybridized carbons (Fsp3) is 0.667. The number of fused-ring (bicyclic) bond motifs is 3. The van der Waals surface area contributed by atoms with Gasteiger partial charge >= 0.3 is 0 Å². The average molecular weight is 276 g/mol. The van der Waals surface area contributed by atoms with Crippen LogP contribution in [0.1, 0.15) is 18.9 Å². The summed E-state index contributed by atoms with van der Waals surface area (Å²) in [6, 6.07) is 2.45. The van der Waals surface area contributed by atoms with Gasteiger partial charge in [-0.2, -0.15) is 0 Å². The van der Waals surface area contributed by atoms with Crippen LogP contribution >= 0.6 is 0 Å². The van der Waals surface area contributed by atoms with E-state index in [0.29, 0.717) is 6.04 Å². The van der Waals surface area contributed by atoms with Crippen molar-refractivity contribution in [3.8, 4) is 5.75 Å². The van der Waals surface area contributed by atoms with Crippen LogP contribution in [0.5, 0.6) is 5.75 Å². The maximum Gasteiger partial charge on any atom is 0.172 e. The van der Waals surface area contributed by atoms with Crippen molar-refractivity contribution in [1.82, 2.24) is 4.98 Å². The molecular weight excluding hydrogens is 256 g/mol. The normalized spacial score (nSPS) is 28.6. The predicted octanol–water partition coefficient (Wildman–Crippen LogP) is 1.40. The Bertz CT molecular complexity index is 504. The van der Waals surface area contributed by atoms with Crippen molar-refractivity contribution in [2.24, 2.45) is 0 Å². The number of rotatable bonds is 3. The van der Waals surface area contributed by atoms with Crippen LogP contribution in [0.3, 0.4) is 0 Å². The topological polar surface area (TPSA) is 43.8 Å². The molecule has 0 aromatic carbocycles. The highest BCUT2D eigenvalue weighted by molar-refractivity contribution is 5.59. The van der Waals surface area contributed by atoms with Crippen LogP contribution in [0.25, 0.3) is 0 Å². The van der Waals surface area contributed by atoms with Gasteiger partial charge in [-0.1, -0.05) is 6.92 Å². The lowest BCUT2D eigenvalue weighted by Crippen LogP contribution is -2.40. The van der Waals surface area contributed by atoms with Crippen molar-refractivity contribution in [2.75, 3.05) is 31.3 Å². The zero-order chi connectivity index (χ0) is 13.5. The first-order valence-electron chi connectivity index (χ1n) is 7.45. The van der Waals surface area contributed by atoms with Gasteiger partial charge in [-0.25, -0.2) is 4.98 Å². The summed E-state index contributed by atoms with van der Waals surface area (Å²) in [6.45, 7) is 5.29. The largest absolute Gasteiger partial charge is 0.487 e. The van der Waals surface area contributed by atoms with E-state index < -0.39 is 0 Å². The van der Waals surface area contributed by atoms with E-state index in [2.05, 4.69) is 22.9 Å². The molecular formula is C15H20N2O3. The fourth-order valence-corrected chi connectivity index (χ4v) is 3.25. The first-order chi connectivity index (χ1) is 9.85. The highest BCUT2D eigenvalue weighted by Crippen LogP contribution is 2.39. The lowest BCUT2D eigenvalue weighted by atomic mass is 10.1. The molecule has 0 aliphatic carbocycles. The number of aryl methyl sites for hydroxylation is 1. The van der Waals surface area contributed by atoms with E-state index in [1.54, 1.807) is 0 Å². The molecule has 4 heterocycles. The Balaban J connectivity index is 1.54. The molecule has 3 aliphatic heterocycles. The zero-order valence-corrected chi connectivity index (χ0v) is 11.7. The molecule has 3 aliphatic rings. The molecule has 0 spiro atoms. The second-order valence-corrected chi connectivity index (χ2v) is 5.75. The smallest absolute Gasteiger partial charge is 0.172 e. The van der Waals surface area contributed by atoms with Crippen LogP contribution in [0.2, 0.25) is 0 Å². The number of nitrogens with zero attached hydrogens (tertiary/aromatic N) is 2. The van der Waals surface area contributed by atoms with Gasteiger partial charge < -0.3 is 19.1 Å². The van der Waals surface area contributed by atoms with E-state index in [1.165, 1.54) is 5.56 Å². The molecule has 0 bridgehead atoms. The summed E-state index contributed by atoms with van der Waals surface area (Å²) >= 11 is 0. The van der Waals surface area contributed by atoms with E-state index in [4.69, 9.17) is 14.2 Å². The summed E-state index contributed by atoms with van der Waals surface area (Å²) in [7, 11) is 0. The summed E-state index contributed by atoms with van der Waals surface area (Å²) in [5.74, 6) is 1.97. The minimum atomic E-state index is 0.274. The van der Waals surface area contributed by atoms with Gasteiger partial charge in [-0.05, 0) is 24.5 Å². The summed E-state index contributed by atoms with van der Waals surface area (Å²) in [6.07, 6.45) is 4.45. The molecule has 1 aromatic rings. The summed E-state index contributed by atoms with van der Waals surface area (Å²) in [5.41, 5.74) is 1.24. The van der Waals surface area contributed by atoms with Gasteiger partial charge in [0.25, 0.3) is 0 Å². The van der Waals surface area contributed by atoms with Crippen LogP contribution < -0.4 is 9.64 Å². The van der Waals surface area contributed by atoms with Crippen molar-refractivity contribution in [3.05, 3.63) is 17.8 Å². The number of hydrogen-bond donors (Lipinski definition) is 0. The van der Waals surface area contributed by atoms with E-state index >= 15 is 0 Å². The molecule has 2 atom stereocenters. The molecule has 1 aromatic heterocycles. The maximum atomic E-state index is 6.06. The zero-order valence-electron chi connectivity index (χ0n) is 11.7. The number of ether oxygens (including phenoxy) is 3. The molecule has 5 nitrogen and oxygen atoms in total. The summed E-state index contributed by atoms with van der Waals surface area (Å²) < 4.78 is 17.2. The maximum absolute atomic E-state index is 6.06. The molecule has 0 saturated carbocycles. The Labute approximate surface area is 118 Å². The second-order valence-electron chi connectivity index (χ2n) is 5.75. The van der Waals surface area contributed by atoms with Crippen LogP contribution in [-0.4, -0.2) is 49.6 Å². The third kappa shape index (κ3) is 1.96. The monoisotopic (exact) mass is 276 g/mol. The molecule has 5 heteroatoms. The number of aromatic nitrogens is 1. The molecule has 0 radical (unpaired) electrons. The Kier molecular flexibility index (Phi) is 3.04.